The van der Waals surface area contributed by atoms with Crippen molar-refractivity contribution in [3.8, 4) is 0 Å². The van der Waals surface area contributed by atoms with Crippen LogP contribution in [0.4, 0.5) is 0 Å². The van der Waals surface area contributed by atoms with Crippen LogP contribution in [-0.4, -0.2) is 65.9 Å². The van der Waals surface area contributed by atoms with Crippen LogP contribution in [0.2, 0.25) is 0 Å². The van der Waals surface area contributed by atoms with Crippen LogP contribution < -0.4 is 0 Å². The average Bonchev–Trinajstić information content (AvgIpc) is 2.63. The van der Waals surface area contributed by atoms with Gasteiger partial charge in [-0.05, 0) is 37.9 Å². The molecule has 2 fully saturated rings. The minimum absolute atomic E-state index is 0.138. The van der Waals surface area contributed by atoms with Crippen molar-refractivity contribution in [2.75, 3.05) is 39.3 Å². The fraction of sp³-hybridized carbons (Fsp3) is 0.650. The molecule has 2 aliphatic rings. The summed E-state index contributed by atoms with van der Waals surface area (Å²) in [6.45, 7) is 9.09. The van der Waals surface area contributed by atoms with Gasteiger partial charge in [-0.3, -0.25) is 14.6 Å². The number of amides is 1. The Kier molecular flexibility index (Phi) is 6.27. The summed E-state index contributed by atoms with van der Waals surface area (Å²) in [6, 6.07) is 10.8. The lowest BCUT2D eigenvalue weighted by Crippen LogP contribution is -2.56. The van der Waals surface area contributed by atoms with Gasteiger partial charge in [0.15, 0.2) is 0 Å². The van der Waals surface area contributed by atoms with E-state index >= 15 is 0 Å². The summed E-state index contributed by atoms with van der Waals surface area (Å²) < 4.78 is 0. The standard InChI is InChI=1S/C20H31N3O/c1-2-11-22-12-7-6-10-19(22)20(24)23-15-13-21(14-16-23)17-18-8-4-3-5-9-18/h3-5,8-9,19H,2,6-7,10-17H2,1H3/t19-/m1/s1. The van der Waals surface area contributed by atoms with Gasteiger partial charge in [-0.1, -0.05) is 43.7 Å². The van der Waals surface area contributed by atoms with Gasteiger partial charge in [0.25, 0.3) is 0 Å². The van der Waals surface area contributed by atoms with E-state index in [2.05, 4.69) is 52.0 Å². The molecule has 0 saturated carbocycles. The molecule has 2 heterocycles. The normalized spacial score (nSPS) is 23.4. The number of hydrogen-bond donors (Lipinski definition) is 0. The number of carbonyl (C=O) groups is 1. The molecule has 0 bridgehead atoms. The molecule has 1 atom stereocenters. The smallest absolute Gasteiger partial charge is 0.240 e. The van der Waals surface area contributed by atoms with E-state index in [9.17, 15) is 4.79 Å². The van der Waals surface area contributed by atoms with Crippen LogP contribution in [0, 0.1) is 0 Å². The number of benzene rings is 1. The molecule has 2 aliphatic heterocycles. The fourth-order valence-electron chi connectivity index (χ4n) is 4.00. The predicted octanol–water partition coefficient (Wildman–Crippen LogP) is 2.60. The molecular weight excluding hydrogens is 298 g/mol. The summed E-state index contributed by atoms with van der Waals surface area (Å²) in [5.74, 6) is 0.377. The first-order valence-electron chi connectivity index (χ1n) is 9.57. The molecule has 1 aromatic carbocycles. The summed E-state index contributed by atoms with van der Waals surface area (Å²) in [7, 11) is 0. The minimum Gasteiger partial charge on any atom is -0.339 e. The Hall–Kier alpha value is -1.39. The Morgan fingerprint density at radius 2 is 1.79 bits per heavy atom. The Morgan fingerprint density at radius 3 is 2.50 bits per heavy atom. The zero-order valence-corrected chi connectivity index (χ0v) is 15.0. The molecule has 3 rings (SSSR count). The van der Waals surface area contributed by atoms with Gasteiger partial charge in [0.2, 0.25) is 5.91 Å². The molecule has 2 saturated heterocycles. The SMILES string of the molecule is CCCN1CCCC[C@@H]1C(=O)N1CCN(Cc2ccccc2)CC1. The van der Waals surface area contributed by atoms with Crippen LogP contribution >= 0.6 is 0 Å². The molecule has 0 aliphatic carbocycles. The molecule has 0 spiro atoms. The van der Waals surface area contributed by atoms with E-state index in [1.54, 1.807) is 0 Å². The molecule has 0 unspecified atom stereocenters. The number of rotatable bonds is 5. The number of carbonyl (C=O) groups excluding carboxylic acids is 1. The largest absolute Gasteiger partial charge is 0.339 e. The third-order valence-corrected chi connectivity index (χ3v) is 5.34. The first-order valence-corrected chi connectivity index (χ1v) is 9.57. The molecule has 1 amide bonds. The van der Waals surface area contributed by atoms with Crippen molar-refractivity contribution in [3.63, 3.8) is 0 Å². The Balaban J connectivity index is 1.51. The highest BCUT2D eigenvalue weighted by Crippen LogP contribution is 2.20. The Morgan fingerprint density at radius 1 is 1.04 bits per heavy atom. The lowest BCUT2D eigenvalue weighted by atomic mass is 10.00. The van der Waals surface area contributed by atoms with Crippen molar-refractivity contribution in [1.82, 2.24) is 14.7 Å². The number of likely N-dealkylation sites (tertiary alicyclic amines) is 1. The van der Waals surface area contributed by atoms with Crippen molar-refractivity contribution in [2.24, 2.45) is 0 Å². The summed E-state index contributed by atoms with van der Waals surface area (Å²) in [5.41, 5.74) is 1.36. The second kappa shape index (κ2) is 8.63. The van der Waals surface area contributed by atoms with Gasteiger partial charge < -0.3 is 4.90 Å². The topological polar surface area (TPSA) is 26.8 Å². The van der Waals surface area contributed by atoms with E-state index in [1.165, 1.54) is 18.4 Å². The fourth-order valence-corrected chi connectivity index (χ4v) is 4.00. The predicted molar refractivity (Wildman–Crippen MR) is 97.8 cm³/mol. The van der Waals surface area contributed by atoms with E-state index < -0.39 is 0 Å². The summed E-state index contributed by atoms with van der Waals surface area (Å²) >= 11 is 0. The Bertz CT molecular complexity index is 509. The third-order valence-electron chi connectivity index (χ3n) is 5.34. The first-order chi connectivity index (χ1) is 11.8. The maximum Gasteiger partial charge on any atom is 0.240 e. The van der Waals surface area contributed by atoms with E-state index in [1.807, 2.05) is 0 Å². The molecule has 0 N–H and O–H groups in total. The highest BCUT2D eigenvalue weighted by Gasteiger charge is 2.32. The number of piperazine rings is 1. The number of piperidine rings is 1. The van der Waals surface area contributed by atoms with E-state index in [0.717, 1.165) is 58.7 Å². The maximum atomic E-state index is 13.0. The number of hydrogen-bond acceptors (Lipinski definition) is 3. The van der Waals surface area contributed by atoms with Crippen LogP contribution in [0.1, 0.15) is 38.2 Å². The lowest BCUT2D eigenvalue weighted by Gasteiger charge is -2.40. The van der Waals surface area contributed by atoms with Crippen LogP contribution in [0.15, 0.2) is 30.3 Å². The molecule has 4 heteroatoms. The molecule has 24 heavy (non-hydrogen) atoms. The highest BCUT2D eigenvalue weighted by molar-refractivity contribution is 5.82. The van der Waals surface area contributed by atoms with E-state index in [4.69, 9.17) is 0 Å². The van der Waals surface area contributed by atoms with Crippen molar-refractivity contribution in [2.45, 2.75) is 45.2 Å². The van der Waals surface area contributed by atoms with Crippen molar-refractivity contribution in [3.05, 3.63) is 35.9 Å². The van der Waals surface area contributed by atoms with Gasteiger partial charge in [-0.2, -0.15) is 0 Å². The highest BCUT2D eigenvalue weighted by atomic mass is 16.2. The monoisotopic (exact) mass is 329 g/mol. The molecule has 4 nitrogen and oxygen atoms in total. The van der Waals surface area contributed by atoms with Crippen molar-refractivity contribution in [1.29, 1.82) is 0 Å². The minimum atomic E-state index is 0.138. The van der Waals surface area contributed by atoms with Gasteiger partial charge in [-0.15, -0.1) is 0 Å². The van der Waals surface area contributed by atoms with Crippen molar-refractivity contribution < 1.29 is 4.79 Å². The Labute approximate surface area is 146 Å². The zero-order valence-electron chi connectivity index (χ0n) is 15.0. The summed E-state index contributed by atoms with van der Waals surface area (Å²) in [4.78, 5) is 20.0. The van der Waals surface area contributed by atoms with Gasteiger partial charge in [-0.25, -0.2) is 0 Å². The molecule has 132 valence electrons. The summed E-state index contributed by atoms with van der Waals surface area (Å²) in [6.07, 6.45) is 4.62. The van der Waals surface area contributed by atoms with Crippen LogP contribution in [0.5, 0.6) is 0 Å². The van der Waals surface area contributed by atoms with E-state index in [-0.39, 0.29) is 6.04 Å². The van der Waals surface area contributed by atoms with Crippen LogP contribution in [0.25, 0.3) is 0 Å². The van der Waals surface area contributed by atoms with Gasteiger partial charge in [0, 0.05) is 32.7 Å². The van der Waals surface area contributed by atoms with Crippen LogP contribution in [0.3, 0.4) is 0 Å². The van der Waals surface area contributed by atoms with Gasteiger partial charge in [0.1, 0.15) is 0 Å². The van der Waals surface area contributed by atoms with Crippen molar-refractivity contribution >= 4 is 5.91 Å². The van der Waals surface area contributed by atoms with E-state index in [0.29, 0.717) is 5.91 Å². The first kappa shape index (κ1) is 17.4. The molecule has 0 radical (unpaired) electrons. The second-order valence-electron chi connectivity index (χ2n) is 7.13. The molecular formula is C20H31N3O. The quantitative estimate of drug-likeness (QED) is 0.831. The number of nitrogens with zero attached hydrogens (tertiary/aromatic N) is 3. The maximum absolute atomic E-state index is 13.0. The average molecular weight is 329 g/mol. The van der Waals surface area contributed by atoms with Gasteiger partial charge in [0.05, 0.1) is 6.04 Å². The summed E-state index contributed by atoms with van der Waals surface area (Å²) in [5, 5.41) is 0. The van der Waals surface area contributed by atoms with Crippen LogP contribution in [-0.2, 0) is 11.3 Å². The zero-order chi connectivity index (χ0) is 16.8. The molecule has 0 aromatic heterocycles. The molecule has 1 aromatic rings. The second-order valence-corrected chi connectivity index (χ2v) is 7.13. The van der Waals surface area contributed by atoms with Gasteiger partial charge >= 0.3 is 0 Å². The third kappa shape index (κ3) is 4.37. The lowest BCUT2D eigenvalue weighted by molar-refractivity contribution is -0.140.